The van der Waals surface area contributed by atoms with Crippen LogP contribution in [0.15, 0.2) is 101 Å². The van der Waals surface area contributed by atoms with Crippen LogP contribution in [-0.2, 0) is 16.6 Å². The second kappa shape index (κ2) is 11.8. The lowest BCUT2D eigenvalue weighted by Gasteiger charge is -2.26. The van der Waals surface area contributed by atoms with Crippen LogP contribution in [0.1, 0.15) is 27.0 Å². The summed E-state index contributed by atoms with van der Waals surface area (Å²) in [6.45, 7) is 1.81. The van der Waals surface area contributed by atoms with Crippen LogP contribution >= 0.6 is 23.2 Å². The van der Waals surface area contributed by atoms with Gasteiger partial charge >= 0.3 is 0 Å². The van der Waals surface area contributed by atoms with Crippen molar-refractivity contribution in [1.82, 2.24) is 5.43 Å². The van der Waals surface area contributed by atoms with E-state index in [1.165, 1.54) is 34.6 Å². The van der Waals surface area contributed by atoms with E-state index in [1.54, 1.807) is 60.7 Å². The molecule has 0 fully saturated rings. The average molecular weight is 570 g/mol. The second-order valence-corrected chi connectivity index (χ2v) is 11.0. The van der Waals surface area contributed by atoms with Crippen molar-refractivity contribution in [2.24, 2.45) is 5.10 Å². The monoisotopic (exact) mass is 569 g/mol. The van der Waals surface area contributed by atoms with Crippen LogP contribution in [0, 0.1) is 12.7 Å². The number of carbonyl (C=O) groups excluding carboxylic acids is 1. The van der Waals surface area contributed by atoms with Gasteiger partial charge in [-0.05, 0) is 66.6 Å². The first-order chi connectivity index (χ1) is 18.2. The summed E-state index contributed by atoms with van der Waals surface area (Å²) in [5, 5.41) is 4.35. The summed E-state index contributed by atoms with van der Waals surface area (Å²) in [7, 11) is -3.93. The quantitative estimate of drug-likeness (QED) is 0.192. The minimum atomic E-state index is -3.93. The lowest BCUT2D eigenvalue weighted by Crippen LogP contribution is -2.31. The van der Waals surface area contributed by atoms with Gasteiger partial charge in [-0.1, -0.05) is 65.7 Å². The molecule has 4 rings (SSSR count). The van der Waals surface area contributed by atoms with Crippen molar-refractivity contribution in [3.05, 3.63) is 129 Å². The largest absolute Gasteiger partial charge is 0.271 e. The van der Waals surface area contributed by atoms with Crippen LogP contribution in [0.2, 0.25) is 10.0 Å². The van der Waals surface area contributed by atoms with Gasteiger partial charge in [0.05, 0.1) is 28.4 Å². The highest BCUT2D eigenvalue weighted by Crippen LogP contribution is 2.31. The Balaban J connectivity index is 1.56. The molecule has 0 bridgehead atoms. The van der Waals surface area contributed by atoms with Gasteiger partial charge in [-0.15, -0.1) is 0 Å². The van der Waals surface area contributed by atoms with Crippen molar-refractivity contribution in [2.75, 3.05) is 4.31 Å². The maximum Gasteiger partial charge on any atom is 0.271 e. The Hall–Kier alpha value is -3.72. The molecule has 1 N–H and O–H groups in total. The van der Waals surface area contributed by atoms with Crippen molar-refractivity contribution < 1.29 is 17.6 Å². The number of nitrogens with one attached hydrogen (secondary N) is 1. The van der Waals surface area contributed by atoms with Crippen LogP contribution in [0.4, 0.5) is 10.1 Å². The molecular weight excluding hydrogens is 548 g/mol. The number of hydrogen-bond donors (Lipinski definition) is 1. The van der Waals surface area contributed by atoms with Gasteiger partial charge in [-0.3, -0.25) is 9.10 Å². The molecule has 0 saturated heterocycles. The van der Waals surface area contributed by atoms with E-state index in [9.17, 15) is 17.6 Å². The van der Waals surface area contributed by atoms with Gasteiger partial charge in [-0.2, -0.15) is 5.10 Å². The zero-order chi connectivity index (χ0) is 27.3. The number of hydrogen-bond acceptors (Lipinski definition) is 4. The Kier molecular flexibility index (Phi) is 8.46. The van der Waals surface area contributed by atoms with Gasteiger partial charge in [0.2, 0.25) is 0 Å². The first-order valence-electron chi connectivity index (χ1n) is 11.4. The highest BCUT2D eigenvalue weighted by Gasteiger charge is 2.26. The topological polar surface area (TPSA) is 78.8 Å². The van der Waals surface area contributed by atoms with E-state index in [2.05, 4.69) is 10.5 Å². The summed E-state index contributed by atoms with van der Waals surface area (Å²) in [6.07, 6.45) is 1.13. The fourth-order valence-electron chi connectivity index (χ4n) is 3.65. The van der Waals surface area contributed by atoms with Crippen LogP contribution in [0.5, 0.6) is 0 Å². The van der Waals surface area contributed by atoms with Crippen molar-refractivity contribution in [1.29, 1.82) is 0 Å². The van der Waals surface area contributed by atoms with Gasteiger partial charge in [0.15, 0.2) is 0 Å². The van der Waals surface area contributed by atoms with Gasteiger partial charge in [-0.25, -0.2) is 18.2 Å². The molecule has 10 heteroatoms. The average Bonchev–Trinajstić information content (AvgIpc) is 2.91. The molecule has 6 nitrogen and oxygen atoms in total. The van der Waals surface area contributed by atoms with Gasteiger partial charge < -0.3 is 0 Å². The lowest BCUT2D eigenvalue weighted by atomic mass is 10.1. The van der Waals surface area contributed by atoms with Crippen LogP contribution in [-0.4, -0.2) is 20.5 Å². The number of nitrogens with zero attached hydrogens (tertiary/aromatic N) is 2. The summed E-state index contributed by atoms with van der Waals surface area (Å²) in [6, 6.07) is 23.8. The number of amides is 1. The zero-order valence-corrected chi connectivity index (χ0v) is 22.4. The highest BCUT2D eigenvalue weighted by atomic mass is 35.5. The number of sulfonamides is 1. The predicted molar refractivity (Wildman–Crippen MR) is 149 cm³/mol. The minimum absolute atomic E-state index is 0.00421. The van der Waals surface area contributed by atoms with Crippen molar-refractivity contribution in [3.63, 3.8) is 0 Å². The molecule has 0 spiro atoms. The SMILES string of the molecule is Cc1ccc(Cl)cc1N(Cc1ccc(C(=O)N/N=C\c2c(F)cccc2Cl)cc1)S(=O)(=O)c1ccccc1. The first-order valence-corrected chi connectivity index (χ1v) is 13.6. The molecule has 0 unspecified atom stereocenters. The Bertz CT molecular complexity index is 1580. The Morgan fingerprint density at radius 3 is 2.37 bits per heavy atom. The van der Waals surface area contributed by atoms with Crippen molar-refractivity contribution in [2.45, 2.75) is 18.4 Å². The zero-order valence-electron chi connectivity index (χ0n) is 20.1. The third kappa shape index (κ3) is 6.22. The number of benzene rings is 4. The molecular formula is C28H22Cl2FN3O3S. The second-order valence-electron chi connectivity index (χ2n) is 8.29. The molecule has 0 aliphatic heterocycles. The summed E-state index contributed by atoms with van der Waals surface area (Å²) in [5.41, 5.74) is 4.49. The molecule has 0 aliphatic carbocycles. The van der Waals surface area contributed by atoms with E-state index < -0.39 is 21.7 Å². The number of anilines is 1. The summed E-state index contributed by atoms with van der Waals surface area (Å²) >= 11 is 12.2. The van der Waals surface area contributed by atoms with Crippen LogP contribution in [0.25, 0.3) is 0 Å². The van der Waals surface area contributed by atoms with Crippen LogP contribution < -0.4 is 9.73 Å². The number of hydrazone groups is 1. The first kappa shape index (κ1) is 27.3. The molecule has 194 valence electrons. The lowest BCUT2D eigenvalue weighted by molar-refractivity contribution is 0.0955. The number of aryl methyl sites for hydroxylation is 1. The Labute approximate surface area is 230 Å². The molecule has 1 amide bonds. The van der Waals surface area contributed by atoms with Gasteiger partial charge in [0.1, 0.15) is 5.82 Å². The van der Waals surface area contributed by atoms with Crippen molar-refractivity contribution in [3.8, 4) is 0 Å². The summed E-state index contributed by atoms with van der Waals surface area (Å²) in [5.74, 6) is -1.09. The fourth-order valence-corrected chi connectivity index (χ4v) is 5.56. The molecule has 0 heterocycles. The number of halogens is 3. The molecule has 0 aromatic heterocycles. The summed E-state index contributed by atoms with van der Waals surface area (Å²) < 4.78 is 42.4. The molecule has 0 radical (unpaired) electrons. The van der Waals surface area contributed by atoms with Crippen LogP contribution in [0.3, 0.4) is 0 Å². The van der Waals surface area contributed by atoms with E-state index in [4.69, 9.17) is 23.2 Å². The molecule has 4 aromatic carbocycles. The molecule has 4 aromatic rings. The van der Waals surface area contributed by atoms with Gasteiger partial charge in [0, 0.05) is 16.1 Å². The predicted octanol–water partition coefficient (Wildman–Crippen LogP) is 6.60. The maximum atomic E-state index is 13.9. The van der Waals surface area contributed by atoms with E-state index >= 15 is 0 Å². The third-order valence-electron chi connectivity index (χ3n) is 5.67. The smallest absolute Gasteiger partial charge is 0.267 e. The highest BCUT2D eigenvalue weighted by molar-refractivity contribution is 7.92. The van der Waals surface area contributed by atoms with E-state index in [1.807, 2.05) is 6.92 Å². The summed E-state index contributed by atoms with van der Waals surface area (Å²) in [4.78, 5) is 12.7. The number of rotatable bonds is 8. The Morgan fingerprint density at radius 1 is 0.974 bits per heavy atom. The normalized spacial score (nSPS) is 11.5. The van der Waals surface area contributed by atoms with Gasteiger partial charge in [0.25, 0.3) is 15.9 Å². The molecule has 0 atom stereocenters. The van der Waals surface area contributed by atoms with E-state index in [0.29, 0.717) is 16.3 Å². The Morgan fingerprint density at radius 2 is 1.68 bits per heavy atom. The van der Waals surface area contributed by atoms with Crippen molar-refractivity contribution >= 4 is 51.0 Å². The van der Waals surface area contributed by atoms with E-state index in [-0.39, 0.29) is 27.6 Å². The molecule has 38 heavy (non-hydrogen) atoms. The molecule has 0 aliphatic rings. The standard InChI is InChI=1S/C28H22Cl2FN3O3S/c1-19-10-15-22(29)16-27(19)34(38(36,37)23-6-3-2-4-7-23)18-20-11-13-21(14-12-20)28(35)33-32-17-24-25(30)8-5-9-26(24)31/h2-17H,18H2,1H3,(H,33,35)/b32-17-. The minimum Gasteiger partial charge on any atom is -0.267 e. The molecule has 0 saturated carbocycles. The van der Waals surface area contributed by atoms with E-state index in [0.717, 1.165) is 11.8 Å². The fraction of sp³-hybridized carbons (Fsp3) is 0.0714. The maximum absolute atomic E-state index is 13.9. The number of carbonyl (C=O) groups is 1. The third-order valence-corrected chi connectivity index (χ3v) is 8.01.